The number of allylic oxidation sites excluding steroid dienone is 4. The van der Waals surface area contributed by atoms with Gasteiger partial charge in [-0.15, -0.1) is 0 Å². The van der Waals surface area contributed by atoms with E-state index in [-0.39, 0.29) is 31.1 Å². The highest BCUT2D eigenvalue weighted by Gasteiger charge is 2.19. The summed E-state index contributed by atoms with van der Waals surface area (Å²) in [5.74, 6) is -0.857. The van der Waals surface area contributed by atoms with Gasteiger partial charge in [0.1, 0.15) is 13.2 Å². The Morgan fingerprint density at radius 2 is 0.537 bits per heavy atom. The lowest BCUT2D eigenvalue weighted by molar-refractivity contribution is -0.167. The van der Waals surface area contributed by atoms with E-state index in [1.54, 1.807) is 0 Å². The Morgan fingerprint density at radius 1 is 0.299 bits per heavy atom. The van der Waals surface area contributed by atoms with E-state index in [1.807, 2.05) is 0 Å². The molecule has 0 aromatic carbocycles. The van der Waals surface area contributed by atoms with Gasteiger partial charge < -0.3 is 14.2 Å². The molecule has 0 amide bonds. The van der Waals surface area contributed by atoms with Gasteiger partial charge in [0.05, 0.1) is 0 Å². The van der Waals surface area contributed by atoms with E-state index in [9.17, 15) is 14.4 Å². The molecule has 0 bridgehead atoms. The van der Waals surface area contributed by atoms with Crippen LogP contribution in [-0.4, -0.2) is 37.2 Å². The Hall–Kier alpha value is -2.11. The number of esters is 3. The minimum atomic E-state index is -0.770. The number of carbonyl (C=O) groups is 3. The molecule has 1 unspecified atom stereocenters. The second kappa shape index (κ2) is 56.5. The van der Waals surface area contributed by atoms with Crippen LogP contribution >= 0.6 is 0 Å². The predicted octanol–water partition coefficient (Wildman–Crippen LogP) is 19.9. The second-order valence-corrected chi connectivity index (χ2v) is 20.3. The normalized spacial score (nSPS) is 12.1. The fraction of sp³-hybridized carbons (Fsp3) is 0.885. The molecule has 67 heavy (non-hydrogen) atoms. The van der Waals surface area contributed by atoms with Crippen LogP contribution in [0.2, 0.25) is 0 Å². The third-order valence-corrected chi connectivity index (χ3v) is 13.5. The van der Waals surface area contributed by atoms with Crippen LogP contribution in [-0.2, 0) is 28.6 Å². The molecule has 6 nitrogen and oxygen atoms in total. The number of hydrogen-bond donors (Lipinski definition) is 0. The molecule has 1 atom stereocenters. The molecule has 0 heterocycles. The molecule has 0 aromatic heterocycles. The lowest BCUT2D eigenvalue weighted by Gasteiger charge is -2.18. The topological polar surface area (TPSA) is 78.9 Å². The van der Waals surface area contributed by atoms with Crippen LogP contribution in [0.15, 0.2) is 24.3 Å². The van der Waals surface area contributed by atoms with Crippen LogP contribution in [0.1, 0.15) is 329 Å². The third kappa shape index (κ3) is 54.7. The summed E-state index contributed by atoms with van der Waals surface area (Å²) in [5.41, 5.74) is 0. The first-order chi connectivity index (χ1) is 33.0. The van der Waals surface area contributed by atoms with E-state index in [1.165, 1.54) is 218 Å². The van der Waals surface area contributed by atoms with Gasteiger partial charge in [0.15, 0.2) is 6.10 Å². The molecule has 0 aromatic rings. The lowest BCUT2D eigenvalue weighted by Crippen LogP contribution is -2.30. The number of ether oxygens (including phenoxy) is 3. The molecule has 0 N–H and O–H groups in total. The van der Waals surface area contributed by atoms with Crippen LogP contribution < -0.4 is 0 Å². The Kier molecular flexibility index (Phi) is 54.7. The summed E-state index contributed by atoms with van der Waals surface area (Å²) in [6, 6.07) is 0. The first-order valence-electron chi connectivity index (χ1n) is 29.8. The highest BCUT2D eigenvalue weighted by molar-refractivity contribution is 5.71. The summed E-state index contributed by atoms with van der Waals surface area (Å²) < 4.78 is 16.9. The van der Waals surface area contributed by atoms with E-state index < -0.39 is 6.10 Å². The zero-order valence-corrected chi connectivity index (χ0v) is 45.2. The summed E-state index contributed by atoms with van der Waals surface area (Å²) >= 11 is 0. The molecule has 0 saturated carbocycles. The van der Waals surface area contributed by atoms with E-state index >= 15 is 0 Å². The van der Waals surface area contributed by atoms with Crippen LogP contribution in [0.5, 0.6) is 0 Å². The molecule has 0 rings (SSSR count). The lowest BCUT2D eigenvalue weighted by atomic mass is 10.0. The van der Waals surface area contributed by atoms with E-state index in [0.29, 0.717) is 19.3 Å². The van der Waals surface area contributed by atoms with E-state index in [2.05, 4.69) is 45.1 Å². The highest BCUT2D eigenvalue weighted by Crippen LogP contribution is 2.17. The number of hydrogen-bond acceptors (Lipinski definition) is 6. The maximum absolute atomic E-state index is 12.8. The van der Waals surface area contributed by atoms with Gasteiger partial charge in [0, 0.05) is 19.3 Å². The van der Waals surface area contributed by atoms with E-state index in [4.69, 9.17) is 14.2 Å². The van der Waals surface area contributed by atoms with Crippen molar-refractivity contribution in [3.05, 3.63) is 24.3 Å². The van der Waals surface area contributed by atoms with Gasteiger partial charge >= 0.3 is 17.9 Å². The smallest absolute Gasteiger partial charge is 0.306 e. The highest BCUT2D eigenvalue weighted by atomic mass is 16.6. The maximum Gasteiger partial charge on any atom is 0.306 e. The second-order valence-electron chi connectivity index (χ2n) is 20.3. The largest absolute Gasteiger partial charge is 0.462 e. The molecule has 0 saturated heterocycles. The van der Waals surface area contributed by atoms with Crippen LogP contribution in [0.4, 0.5) is 0 Å². The standard InChI is InChI=1S/C61H114O6/c1-4-7-10-13-16-19-22-24-26-28-29-30-31-32-34-35-37-39-42-45-48-51-54-60(63)66-57-58(56-65-59(62)53-50-47-44-41-21-18-15-12-9-6-3)67-61(64)55-52-49-46-43-40-38-36-33-27-25-23-20-17-14-11-8-5-2/h17,20,25,27,58H,4-16,18-19,21-24,26,28-57H2,1-3H3/b20-17-,27-25-. The van der Waals surface area contributed by atoms with Gasteiger partial charge in [0.2, 0.25) is 0 Å². The average Bonchev–Trinajstić information content (AvgIpc) is 3.33. The fourth-order valence-electron chi connectivity index (χ4n) is 8.95. The van der Waals surface area contributed by atoms with Gasteiger partial charge in [-0.3, -0.25) is 14.4 Å². The monoisotopic (exact) mass is 943 g/mol. The van der Waals surface area contributed by atoms with E-state index in [0.717, 1.165) is 70.6 Å². The predicted molar refractivity (Wildman–Crippen MR) is 289 cm³/mol. The number of carbonyl (C=O) groups excluding carboxylic acids is 3. The summed E-state index contributed by atoms with van der Waals surface area (Å²) in [7, 11) is 0. The van der Waals surface area contributed by atoms with Crippen LogP contribution in [0.3, 0.4) is 0 Å². The summed E-state index contributed by atoms with van der Waals surface area (Å²) in [4.78, 5) is 38.1. The van der Waals surface area contributed by atoms with Crippen molar-refractivity contribution in [3.8, 4) is 0 Å². The minimum Gasteiger partial charge on any atom is -0.462 e. The Balaban J connectivity index is 4.22. The summed E-state index contributed by atoms with van der Waals surface area (Å²) in [5, 5.41) is 0. The zero-order chi connectivity index (χ0) is 48.6. The van der Waals surface area contributed by atoms with Crippen molar-refractivity contribution in [2.45, 2.75) is 335 Å². The SMILES string of the molecule is CCCCC/C=C\C/C=C\CCCCCCCCCC(=O)OC(COC(=O)CCCCCCCCCCCC)COC(=O)CCCCCCCCCCCCCCCCCCCCCCCC. The molecule has 0 spiro atoms. The molecule has 0 fully saturated rings. The van der Waals surface area contributed by atoms with Crippen molar-refractivity contribution in [1.29, 1.82) is 0 Å². The van der Waals surface area contributed by atoms with Gasteiger partial charge in [-0.05, 0) is 51.4 Å². The molecule has 6 heteroatoms. The molecule has 0 aliphatic heterocycles. The third-order valence-electron chi connectivity index (χ3n) is 13.5. The number of unbranched alkanes of at least 4 members (excludes halogenated alkanes) is 40. The summed E-state index contributed by atoms with van der Waals surface area (Å²) in [6.07, 6.45) is 66.1. The molecule has 0 aliphatic carbocycles. The average molecular weight is 944 g/mol. The quantitative estimate of drug-likeness (QED) is 0.0262. The van der Waals surface area contributed by atoms with Gasteiger partial charge in [-0.1, -0.05) is 283 Å². The van der Waals surface area contributed by atoms with Crippen molar-refractivity contribution in [3.63, 3.8) is 0 Å². The van der Waals surface area contributed by atoms with Gasteiger partial charge in [-0.25, -0.2) is 0 Å². The Labute approximate surface area is 417 Å². The first kappa shape index (κ1) is 64.9. The molecular formula is C61H114O6. The van der Waals surface area contributed by atoms with Crippen LogP contribution in [0.25, 0.3) is 0 Å². The zero-order valence-electron chi connectivity index (χ0n) is 45.2. The Morgan fingerprint density at radius 3 is 0.851 bits per heavy atom. The van der Waals surface area contributed by atoms with Gasteiger partial charge in [0.25, 0.3) is 0 Å². The van der Waals surface area contributed by atoms with Crippen molar-refractivity contribution in [2.75, 3.05) is 13.2 Å². The number of rotatable bonds is 55. The first-order valence-corrected chi connectivity index (χ1v) is 29.8. The fourth-order valence-corrected chi connectivity index (χ4v) is 8.95. The molecule has 394 valence electrons. The maximum atomic E-state index is 12.8. The van der Waals surface area contributed by atoms with Crippen molar-refractivity contribution in [2.24, 2.45) is 0 Å². The molecule has 0 aliphatic rings. The molecular weight excluding hydrogens is 829 g/mol. The van der Waals surface area contributed by atoms with Crippen LogP contribution in [0, 0.1) is 0 Å². The van der Waals surface area contributed by atoms with Crippen molar-refractivity contribution >= 4 is 17.9 Å². The van der Waals surface area contributed by atoms with Crippen molar-refractivity contribution in [1.82, 2.24) is 0 Å². The molecule has 0 radical (unpaired) electrons. The summed E-state index contributed by atoms with van der Waals surface area (Å²) in [6.45, 7) is 6.65. The Bertz CT molecular complexity index is 1080. The van der Waals surface area contributed by atoms with Crippen molar-refractivity contribution < 1.29 is 28.6 Å². The van der Waals surface area contributed by atoms with Gasteiger partial charge in [-0.2, -0.15) is 0 Å². The minimum absolute atomic E-state index is 0.0691.